The molecule has 0 radical (unpaired) electrons. The lowest BCUT2D eigenvalue weighted by Gasteiger charge is -2.09. The average molecular weight is 313 g/mol. The second kappa shape index (κ2) is 6.09. The third-order valence-electron chi connectivity index (χ3n) is 1.95. The number of carbonyl (C=O) groups excluding carboxylic acids is 1. The predicted octanol–water partition coefficient (Wildman–Crippen LogP) is 2.13. The van der Waals surface area contributed by atoms with E-state index in [4.69, 9.17) is 0 Å². The summed E-state index contributed by atoms with van der Waals surface area (Å²) < 4.78 is 66.7. The van der Waals surface area contributed by atoms with Crippen molar-refractivity contribution in [3.63, 3.8) is 0 Å². The molecule has 10 heteroatoms. The van der Waals surface area contributed by atoms with Crippen LogP contribution >= 0.6 is 0 Å². The molecule has 0 atom stereocenters. The molecule has 0 aliphatic rings. The number of carbonyl (C=O) groups is 1. The van der Waals surface area contributed by atoms with Crippen LogP contribution in [-0.2, 0) is 19.0 Å². The van der Waals surface area contributed by atoms with Crippen LogP contribution in [0.5, 0.6) is 0 Å². The molecule has 0 spiro atoms. The minimum absolute atomic E-state index is 0.214. The van der Waals surface area contributed by atoms with Crippen LogP contribution in [0.15, 0.2) is 29.2 Å². The third kappa shape index (κ3) is 5.05. The van der Waals surface area contributed by atoms with Crippen molar-refractivity contribution in [1.82, 2.24) is 0 Å². The lowest BCUT2D eigenvalue weighted by atomic mass is 10.3. The van der Waals surface area contributed by atoms with Gasteiger partial charge in [0.25, 0.3) is 10.1 Å². The second-order valence-corrected chi connectivity index (χ2v) is 5.09. The molecule has 0 bridgehead atoms. The monoisotopic (exact) mass is 313 g/mol. The first-order chi connectivity index (χ1) is 9.14. The maximum atomic E-state index is 11.9. The molecule has 0 aliphatic heterocycles. The number of methoxy groups -OCH3 is 1. The Balaban J connectivity index is 2.79. The summed E-state index contributed by atoms with van der Waals surface area (Å²) in [5.41, 5.74) is 0.214. The molecule has 1 aromatic rings. The average Bonchev–Trinajstić information content (AvgIpc) is 2.36. The van der Waals surface area contributed by atoms with Crippen LogP contribution in [0.25, 0.3) is 0 Å². The van der Waals surface area contributed by atoms with Gasteiger partial charge in [0.1, 0.15) is 0 Å². The number of anilines is 1. The van der Waals surface area contributed by atoms with Gasteiger partial charge in [-0.3, -0.25) is 9.50 Å². The Bertz CT molecular complexity index is 568. The van der Waals surface area contributed by atoms with Gasteiger partial charge in [0.2, 0.25) is 0 Å². The van der Waals surface area contributed by atoms with Gasteiger partial charge < -0.3 is 4.74 Å². The van der Waals surface area contributed by atoms with Crippen LogP contribution in [0, 0.1) is 0 Å². The molecule has 112 valence electrons. The molecular weight excluding hydrogens is 303 g/mol. The predicted molar refractivity (Wildman–Crippen MR) is 61.7 cm³/mol. The Morgan fingerprint density at radius 3 is 2.25 bits per heavy atom. The van der Waals surface area contributed by atoms with E-state index in [-0.39, 0.29) is 5.69 Å². The standard InChI is InChI=1S/C10H10F3NO5S/c1-18-9(15)14-7-2-4-8(5-3-7)20(16,17)19-6-10(11,12)13/h2-5H,6H2,1H3,(H,14,15). The van der Waals surface area contributed by atoms with Gasteiger partial charge in [0.05, 0.1) is 12.0 Å². The highest BCUT2D eigenvalue weighted by Gasteiger charge is 2.31. The molecule has 0 fully saturated rings. The maximum Gasteiger partial charge on any atom is 0.413 e. The van der Waals surface area contributed by atoms with E-state index in [1.165, 1.54) is 12.1 Å². The first-order valence-corrected chi connectivity index (χ1v) is 6.46. The highest BCUT2D eigenvalue weighted by atomic mass is 32.2. The molecule has 0 saturated carbocycles. The second-order valence-electron chi connectivity index (χ2n) is 3.47. The molecule has 20 heavy (non-hydrogen) atoms. The fraction of sp³-hybridized carbons (Fsp3) is 0.300. The number of hydrogen-bond donors (Lipinski definition) is 1. The van der Waals surface area contributed by atoms with Crippen LogP contribution in [0.1, 0.15) is 0 Å². The van der Waals surface area contributed by atoms with Crippen molar-refractivity contribution in [1.29, 1.82) is 0 Å². The van der Waals surface area contributed by atoms with E-state index in [1.54, 1.807) is 0 Å². The number of halogens is 3. The SMILES string of the molecule is COC(=O)Nc1ccc(S(=O)(=O)OCC(F)(F)F)cc1. The first kappa shape index (κ1) is 16.2. The number of rotatable bonds is 4. The topological polar surface area (TPSA) is 81.7 Å². The van der Waals surface area contributed by atoms with Gasteiger partial charge in [0.15, 0.2) is 6.61 Å². The van der Waals surface area contributed by atoms with Crippen molar-refractivity contribution in [2.45, 2.75) is 11.1 Å². The highest BCUT2D eigenvalue weighted by Crippen LogP contribution is 2.20. The van der Waals surface area contributed by atoms with Gasteiger partial charge >= 0.3 is 12.3 Å². The van der Waals surface area contributed by atoms with Crippen molar-refractivity contribution in [2.24, 2.45) is 0 Å². The van der Waals surface area contributed by atoms with Crippen LogP contribution in [-0.4, -0.2) is 34.4 Å². The van der Waals surface area contributed by atoms with E-state index in [0.717, 1.165) is 19.2 Å². The zero-order valence-electron chi connectivity index (χ0n) is 10.1. The smallest absolute Gasteiger partial charge is 0.413 e. The Kier molecular flexibility index (Phi) is 4.95. The van der Waals surface area contributed by atoms with Crippen LogP contribution < -0.4 is 5.32 Å². The highest BCUT2D eigenvalue weighted by molar-refractivity contribution is 7.86. The van der Waals surface area contributed by atoms with E-state index < -0.39 is 33.9 Å². The molecule has 1 rings (SSSR count). The van der Waals surface area contributed by atoms with Crippen molar-refractivity contribution in [3.05, 3.63) is 24.3 Å². The van der Waals surface area contributed by atoms with Gasteiger partial charge in [-0.2, -0.15) is 21.6 Å². The molecule has 0 aromatic heterocycles. The van der Waals surface area contributed by atoms with Crippen LogP contribution in [0.2, 0.25) is 0 Å². The van der Waals surface area contributed by atoms with Gasteiger partial charge in [0, 0.05) is 5.69 Å². The lowest BCUT2D eigenvalue weighted by molar-refractivity contribution is -0.152. The fourth-order valence-corrected chi connectivity index (χ4v) is 1.98. The number of amides is 1. The van der Waals surface area contributed by atoms with E-state index in [0.29, 0.717) is 0 Å². The summed E-state index contributed by atoms with van der Waals surface area (Å²) in [6.45, 7) is -1.91. The van der Waals surface area contributed by atoms with Crippen LogP contribution in [0.3, 0.4) is 0 Å². The summed E-state index contributed by atoms with van der Waals surface area (Å²) in [5, 5.41) is 2.25. The minimum Gasteiger partial charge on any atom is -0.453 e. The van der Waals surface area contributed by atoms with Crippen molar-refractivity contribution in [3.8, 4) is 0 Å². The van der Waals surface area contributed by atoms with Crippen molar-refractivity contribution < 1.29 is 35.3 Å². The number of ether oxygens (including phenoxy) is 1. The molecule has 1 amide bonds. The van der Waals surface area contributed by atoms with Gasteiger partial charge in [-0.1, -0.05) is 0 Å². The summed E-state index contributed by atoms with van der Waals surface area (Å²) in [6, 6.07) is 4.36. The Labute approximate surface area is 112 Å². The number of hydrogen-bond acceptors (Lipinski definition) is 5. The number of benzene rings is 1. The number of alkyl halides is 3. The third-order valence-corrected chi connectivity index (χ3v) is 3.23. The van der Waals surface area contributed by atoms with Crippen LogP contribution in [0.4, 0.5) is 23.7 Å². The lowest BCUT2D eigenvalue weighted by Crippen LogP contribution is -2.20. The number of nitrogens with one attached hydrogen (secondary N) is 1. The van der Waals surface area contributed by atoms with E-state index in [9.17, 15) is 26.4 Å². The summed E-state index contributed by atoms with van der Waals surface area (Å²) >= 11 is 0. The molecule has 1 N–H and O–H groups in total. The largest absolute Gasteiger partial charge is 0.453 e. The van der Waals surface area contributed by atoms with E-state index >= 15 is 0 Å². The normalized spacial score (nSPS) is 12.0. The quantitative estimate of drug-likeness (QED) is 0.861. The molecule has 0 aliphatic carbocycles. The van der Waals surface area contributed by atoms with Gasteiger partial charge in [-0.15, -0.1) is 0 Å². The van der Waals surface area contributed by atoms with Crippen molar-refractivity contribution >= 4 is 21.9 Å². The van der Waals surface area contributed by atoms with Gasteiger partial charge in [-0.25, -0.2) is 4.79 Å². The molecule has 0 saturated heterocycles. The molecule has 6 nitrogen and oxygen atoms in total. The van der Waals surface area contributed by atoms with E-state index in [1.807, 2.05) is 0 Å². The Morgan fingerprint density at radius 2 is 1.80 bits per heavy atom. The molecular formula is C10H10F3NO5S. The zero-order chi connectivity index (χ0) is 15.4. The summed E-state index contributed by atoms with van der Waals surface area (Å²) in [5.74, 6) is 0. The summed E-state index contributed by atoms with van der Waals surface area (Å²) in [6.07, 6.45) is -5.52. The molecule has 0 heterocycles. The van der Waals surface area contributed by atoms with E-state index in [2.05, 4.69) is 14.2 Å². The van der Waals surface area contributed by atoms with Gasteiger partial charge in [-0.05, 0) is 24.3 Å². The fourth-order valence-electron chi connectivity index (χ4n) is 1.09. The first-order valence-electron chi connectivity index (χ1n) is 5.05. The minimum atomic E-state index is -4.75. The zero-order valence-corrected chi connectivity index (χ0v) is 10.9. The maximum absolute atomic E-state index is 11.9. The molecule has 0 unspecified atom stereocenters. The Morgan fingerprint density at radius 1 is 1.25 bits per heavy atom. The molecule has 1 aromatic carbocycles. The summed E-state index contributed by atoms with van der Waals surface area (Å²) in [4.78, 5) is 10.4. The summed E-state index contributed by atoms with van der Waals surface area (Å²) in [7, 11) is -3.37. The Hall–Kier alpha value is -1.81. The van der Waals surface area contributed by atoms with Crippen molar-refractivity contribution in [2.75, 3.05) is 19.0 Å².